The molecule has 5 aromatic carbocycles. The summed E-state index contributed by atoms with van der Waals surface area (Å²) in [5.41, 5.74) is 9.99. The standard InChI is InChI=1S/C33H27N4O.C16H17FN.Ir/c1-19(2)21-13-9-14-22(20(3)4)30(21)37-32(34-29-25-12-5-7-17-27(25)35-36-33(29)37)26-16-10-15-24-23-11-6-8-18-28(23)38-31(24)26;1-11-5-7-13(14(17)9-11)15-8-6-12(10-18-15)16(2,3)4;/h5-15,17-20H,1-4H3;5-6,8-10H,1-4H3;/q2*-1;/i;1D3;. The predicted octanol–water partition coefficient (Wildman–Crippen LogP) is 12.9. The first-order chi connectivity index (χ1) is 28.1. The van der Waals surface area contributed by atoms with E-state index in [2.05, 4.69) is 112 Å². The molecule has 0 bridgehead atoms. The van der Waals surface area contributed by atoms with Crippen molar-refractivity contribution in [2.75, 3.05) is 0 Å². The summed E-state index contributed by atoms with van der Waals surface area (Å²) in [6, 6.07) is 38.9. The van der Waals surface area contributed by atoms with E-state index in [1.807, 2.05) is 48.5 Å². The van der Waals surface area contributed by atoms with E-state index >= 15 is 0 Å². The molecule has 9 rings (SSSR count). The SMILES string of the molecule is CC(C)c1cccc(C(C)C)c1-n1c(-c2[c-]ccc3c2oc2ccccc23)nc2c3ccccc3nnc21.[2H]C([2H])([2H])c1c[c-]c(-c2ccc(C(C)(C)C)cn2)c(F)c1.[Ir]. The van der Waals surface area contributed by atoms with Gasteiger partial charge in [0.1, 0.15) is 11.1 Å². The number of halogens is 1. The van der Waals surface area contributed by atoms with Gasteiger partial charge in [0.2, 0.25) is 0 Å². The Bertz CT molecular complexity index is 2970. The van der Waals surface area contributed by atoms with Crippen molar-refractivity contribution in [3.05, 3.63) is 150 Å². The maximum absolute atomic E-state index is 14.1. The second kappa shape index (κ2) is 15.8. The molecule has 0 saturated heterocycles. The third-order valence-corrected chi connectivity index (χ3v) is 10.2. The van der Waals surface area contributed by atoms with Crippen LogP contribution in [0.15, 0.2) is 114 Å². The van der Waals surface area contributed by atoms with Gasteiger partial charge in [-0.25, -0.2) is 0 Å². The van der Waals surface area contributed by atoms with E-state index < -0.39 is 12.7 Å². The van der Waals surface area contributed by atoms with E-state index in [4.69, 9.17) is 18.6 Å². The number of nitrogens with zero attached hydrogens (tertiary/aromatic N) is 5. The van der Waals surface area contributed by atoms with Gasteiger partial charge >= 0.3 is 0 Å². The molecule has 289 valence electrons. The van der Waals surface area contributed by atoms with Gasteiger partial charge in [-0.2, -0.15) is 0 Å². The molecule has 4 heterocycles. The van der Waals surface area contributed by atoms with Gasteiger partial charge < -0.3 is 14.0 Å². The zero-order valence-corrected chi connectivity index (χ0v) is 35.3. The Labute approximate surface area is 350 Å². The van der Waals surface area contributed by atoms with Crippen LogP contribution in [0.2, 0.25) is 0 Å². The molecule has 6 nitrogen and oxygen atoms in total. The average molecular weight is 933 g/mol. The van der Waals surface area contributed by atoms with Gasteiger partial charge in [-0.15, -0.1) is 52.2 Å². The molecule has 4 aromatic heterocycles. The van der Waals surface area contributed by atoms with Crippen molar-refractivity contribution in [1.29, 1.82) is 0 Å². The van der Waals surface area contributed by atoms with Crippen molar-refractivity contribution >= 4 is 44.0 Å². The normalized spacial score (nSPS) is 12.8. The van der Waals surface area contributed by atoms with Crippen molar-refractivity contribution in [3.63, 3.8) is 0 Å². The van der Waals surface area contributed by atoms with Gasteiger partial charge in [0.25, 0.3) is 0 Å². The second-order valence-electron chi connectivity index (χ2n) is 15.7. The molecule has 0 spiro atoms. The molecule has 0 N–H and O–H groups in total. The second-order valence-corrected chi connectivity index (χ2v) is 15.7. The van der Waals surface area contributed by atoms with Crippen LogP contribution in [-0.2, 0) is 25.5 Å². The molecular weight excluding hydrogens is 886 g/mol. The van der Waals surface area contributed by atoms with Crippen LogP contribution >= 0.6 is 0 Å². The molecule has 57 heavy (non-hydrogen) atoms. The molecule has 0 fully saturated rings. The van der Waals surface area contributed by atoms with Gasteiger partial charge in [-0.1, -0.05) is 139 Å². The number of hydrogen-bond acceptors (Lipinski definition) is 5. The molecule has 0 saturated carbocycles. The first kappa shape index (κ1) is 35.8. The summed E-state index contributed by atoms with van der Waals surface area (Å²) in [4.78, 5) is 9.53. The van der Waals surface area contributed by atoms with Crippen molar-refractivity contribution in [1.82, 2.24) is 24.7 Å². The number of fused-ring (bicyclic) bond motifs is 6. The number of rotatable bonds is 5. The molecule has 8 heteroatoms. The number of hydrogen-bond donors (Lipinski definition) is 0. The fraction of sp³-hybridized carbons (Fsp3) is 0.224. The van der Waals surface area contributed by atoms with Gasteiger partial charge in [-0.3, -0.25) is 9.37 Å². The number of aryl methyl sites for hydroxylation is 1. The Morgan fingerprint density at radius 1 is 0.789 bits per heavy atom. The first-order valence-electron chi connectivity index (χ1n) is 20.4. The maximum Gasteiger partial charge on any atom is 0.178 e. The van der Waals surface area contributed by atoms with Crippen LogP contribution in [0, 0.1) is 24.8 Å². The van der Waals surface area contributed by atoms with Crippen LogP contribution in [0.4, 0.5) is 4.39 Å². The van der Waals surface area contributed by atoms with Crippen molar-refractivity contribution in [3.8, 4) is 28.3 Å². The average Bonchev–Trinajstić information content (AvgIpc) is 3.79. The molecule has 1 radical (unpaired) electrons. The largest absolute Gasteiger partial charge is 0.501 e. The van der Waals surface area contributed by atoms with Crippen molar-refractivity contribution in [2.24, 2.45) is 0 Å². The molecule has 0 aliphatic heterocycles. The summed E-state index contributed by atoms with van der Waals surface area (Å²) in [7, 11) is 0. The van der Waals surface area contributed by atoms with Gasteiger partial charge in [0.05, 0.1) is 16.9 Å². The zero-order valence-electron chi connectivity index (χ0n) is 35.9. The summed E-state index contributed by atoms with van der Waals surface area (Å²) < 4.78 is 44.5. The summed E-state index contributed by atoms with van der Waals surface area (Å²) >= 11 is 0. The van der Waals surface area contributed by atoms with E-state index in [9.17, 15) is 4.39 Å². The quantitative estimate of drug-likeness (QED) is 0.161. The summed E-state index contributed by atoms with van der Waals surface area (Å²) in [5.74, 6) is 0.728. The van der Waals surface area contributed by atoms with Crippen molar-refractivity contribution in [2.45, 2.75) is 72.6 Å². The van der Waals surface area contributed by atoms with Crippen LogP contribution in [-0.4, -0.2) is 24.7 Å². The fourth-order valence-electron chi connectivity index (χ4n) is 7.20. The molecule has 9 aromatic rings. The van der Waals surface area contributed by atoms with E-state index in [1.165, 1.54) is 17.2 Å². The summed E-state index contributed by atoms with van der Waals surface area (Å²) in [6.07, 6.45) is 1.71. The number of pyridine rings is 1. The van der Waals surface area contributed by atoms with Gasteiger partial charge in [0.15, 0.2) is 5.65 Å². The first-order valence-corrected chi connectivity index (χ1v) is 18.9. The Morgan fingerprint density at radius 3 is 2.18 bits per heavy atom. The third-order valence-electron chi connectivity index (χ3n) is 10.2. The smallest absolute Gasteiger partial charge is 0.178 e. The minimum absolute atomic E-state index is 0. The van der Waals surface area contributed by atoms with E-state index in [1.54, 1.807) is 12.3 Å². The minimum Gasteiger partial charge on any atom is -0.501 e. The Balaban J connectivity index is 0.000000212. The molecular formula is C49H44FIrN5O-2. The fourth-order valence-corrected chi connectivity index (χ4v) is 7.20. The maximum atomic E-state index is 14.1. The van der Waals surface area contributed by atoms with Crippen molar-refractivity contribution < 1.29 is 33.0 Å². The Morgan fingerprint density at radius 2 is 1.51 bits per heavy atom. The Kier molecular flexibility index (Phi) is 9.91. The van der Waals surface area contributed by atoms with Crippen LogP contribution in [0.3, 0.4) is 0 Å². The van der Waals surface area contributed by atoms with E-state index in [0.29, 0.717) is 17.5 Å². The number of furan rings is 1. The molecule has 0 atom stereocenters. The predicted molar refractivity (Wildman–Crippen MR) is 226 cm³/mol. The third kappa shape index (κ3) is 7.40. The van der Waals surface area contributed by atoms with E-state index in [-0.39, 0.29) is 36.6 Å². The number of imidazole rings is 1. The zero-order chi connectivity index (χ0) is 41.8. The van der Waals surface area contributed by atoms with Gasteiger partial charge in [-0.05, 0) is 51.8 Å². The Hall–Kier alpha value is -5.56. The molecule has 0 amide bonds. The number of aromatic nitrogens is 5. The monoisotopic (exact) mass is 933 g/mol. The summed E-state index contributed by atoms with van der Waals surface area (Å²) in [6.45, 7) is 12.8. The topological polar surface area (TPSA) is 69.6 Å². The van der Waals surface area contributed by atoms with Crippen LogP contribution in [0.1, 0.15) is 86.7 Å². The van der Waals surface area contributed by atoms with Crippen LogP contribution < -0.4 is 0 Å². The van der Waals surface area contributed by atoms with E-state index in [0.717, 1.165) is 72.7 Å². The number of para-hydroxylation sites is 2. The molecule has 0 aliphatic rings. The molecule has 0 aliphatic carbocycles. The molecule has 0 unspecified atom stereocenters. The minimum atomic E-state index is -2.33. The number of benzene rings is 5. The van der Waals surface area contributed by atoms with Gasteiger partial charge in [0, 0.05) is 52.7 Å². The van der Waals surface area contributed by atoms with Crippen LogP contribution in [0.25, 0.3) is 72.3 Å². The summed E-state index contributed by atoms with van der Waals surface area (Å²) in [5, 5.41) is 12.5. The van der Waals surface area contributed by atoms with Crippen LogP contribution in [0.5, 0.6) is 0 Å².